The summed E-state index contributed by atoms with van der Waals surface area (Å²) in [6.45, 7) is 2.87. The highest BCUT2D eigenvalue weighted by Gasteiger charge is 2.10. The lowest BCUT2D eigenvalue weighted by Crippen LogP contribution is -2.04. The van der Waals surface area contributed by atoms with Gasteiger partial charge < -0.3 is 5.73 Å². The first-order valence-corrected chi connectivity index (χ1v) is 6.26. The molecule has 0 fully saturated rings. The fraction of sp³-hybridized carbons (Fsp3) is 0.333. The van der Waals surface area contributed by atoms with E-state index in [1.807, 2.05) is 18.2 Å². The second-order valence-electron chi connectivity index (χ2n) is 3.76. The number of thiazole rings is 1. The Morgan fingerprint density at radius 1 is 1.38 bits per heavy atom. The lowest BCUT2D eigenvalue weighted by Gasteiger charge is -2.04. The van der Waals surface area contributed by atoms with Crippen molar-refractivity contribution in [1.82, 2.24) is 9.97 Å². The third kappa shape index (κ3) is 2.46. The predicted octanol–water partition coefficient (Wildman–Crippen LogP) is 2.66. The second kappa shape index (κ2) is 5.18. The first-order valence-electron chi connectivity index (χ1n) is 5.38. The molecule has 0 aliphatic rings. The topological polar surface area (TPSA) is 51.8 Å². The minimum absolute atomic E-state index is 0.437. The number of nitrogens with zero attached hydrogens (tertiary/aromatic N) is 2. The molecule has 2 aromatic rings. The van der Waals surface area contributed by atoms with Crippen LogP contribution in [0.15, 0.2) is 29.8 Å². The van der Waals surface area contributed by atoms with Crippen LogP contribution < -0.4 is 5.73 Å². The standard InChI is InChI=1S/C12H15N3S/c1-9(5-6-13)12-15-11(8-16-12)10-4-2-3-7-14-10/h2-4,7-9H,5-6,13H2,1H3. The SMILES string of the molecule is CC(CCN)c1nc(-c2ccccn2)cs1. The molecule has 0 saturated heterocycles. The number of hydrogen-bond acceptors (Lipinski definition) is 4. The zero-order chi connectivity index (χ0) is 11.4. The molecule has 0 spiro atoms. The lowest BCUT2D eigenvalue weighted by molar-refractivity contribution is 0.685. The summed E-state index contributed by atoms with van der Waals surface area (Å²) in [7, 11) is 0. The van der Waals surface area contributed by atoms with Crippen LogP contribution in [0.1, 0.15) is 24.3 Å². The molecule has 0 amide bonds. The van der Waals surface area contributed by atoms with E-state index in [4.69, 9.17) is 5.73 Å². The van der Waals surface area contributed by atoms with Crippen LogP contribution >= 0.6 is 11.3 Å². The lowest BCUT2D eigenvalue weighted by atomic mass is 10.1. The van der Waals surface area contributed by atoms with Crippen molar-refractivity contribution in [2.45, 2.75) is 19.3 Å². The quantitative estimate of drug-likeness (QED) is 0.883. The van der Waals surface area contributed by atoms with Gasteiger partial charge in [0, 0.05) is 17.5 Å². The maximum absolute atomic E-state index is 5.55. The Hall–Kier alpha value is -1.26. The van der Waals surface area contributed by atoms with Gasteiger partial charge in [0.25, 0.3) is 0 Å². The maximum Gasteiger partial charge on any atom is 0.0998 e. The molecule has 0 saturated carbocycles. The van der Waals surface area contributed by atoms with Crippen molar-refractivity contribution < 1.29 is 0 Å². The van der Waals surface area contributed by atoms with E-state index in [1.54, 1.807) is 17.5 Å². The van der Waals surface area contributed by atoms with Crippen molar-refractivity contribution in [1.29, 1.82) is 0 Å². The molecule has 1 unspecified atom stereocenters. The van der Waals surface area contributed by atoms with Gasteiger partial charge in [-0.25, -0.2) is 4.98 Å². The predicted molar refractivity (Wildman–Crippen MR) is 67.4 cm³/mol. The number of nitrogens with two attached hydrogens (primary N) is 1. The summed E-state index contributed by atoms with van der Waals surface area (Å²) in [5.41, 5.74) is 7.45. The van der Waals surface area contributed by atoms with E-state index in [1.165, 1.54) is 0 Å². The van der Waals surface area contributed by atoms with Crippen molar-refractivity contribution >= 4 is 11.3 Å². The highest BCUT2D eigenvalue weighted by Crippen LogP contribution is 2.26. The summed E-state index contributed by atoms with van der Waals surface area (Å²) in [6.07, 6.45) is 2.77. The summed E-state index contributed by atoms with van der Waals surface area (Å²) in [5, 5.41) is 3.20. The zero-order valence-electron chi connectivity index (χ0n) is 9.26. The van der Waals surface area contributed by atoms with E-state index in [-0.39, 0.29) is 0 Å². The molecular formula is C12H15N3S. The Kier molecular flexibility index (Phi) is 3.64. The van der Waals surface area contributed by atoms with Gasteiger partial charge in [-0.3, -0.25) is 4.98 Å². The smallest absolute Gasteiger partial charge is 0.0998 e. The van der Waals surface area contributed by atoms with E-state index in [0.29, 0.717) is 12.5 Å². The maximum atomic E-state index is 5.55. The number of pyridine rings is 1. The third-order valence-corrected chi connectivity index (χ3v) is 3.55. The Bertz CT molecular complexity index is 439. The molecular weight excluding hydrogens is 218 g/mol. The summed E-state index contributed by atoms with van der Waals surface area (Å²) < 4.78 is 0. The summed E-state index contributed by atoms with van der Waals surface area (Å²) >= 11 is 1.69. The molecule has 2 rings (SSSR count). The summed E-state index contributed by atoms with van der Waals surface area (Å²) in [5.74, 6) is 0.437. The molecule has 0 aliphatic heterocycles. The number of aromatic nitrogens is 2. The van der Waals surface area contributed by atoms with E-state index in [9.17, 15) is 0 Å². The van der Waals surface area contributed by atoms with E-state index >= 15 is 0 Å². The van der Waals surface area contributed by atoms with E-state index in [0.717, 1.165) is 22.8 Å². The van der Waals surface area contributed by atoms with E-state index in [2.05, 4.69) is 22.3 Å². The van der Waals surface area contributed by atoms with Gasteiger partial charge in [-0.15, -0.1) is 11.3 Å². The molecule has 0 bridgehead atoms. The Balaban J connectivity index is 2.20. The molecule has 3 nitrogen and oxygen atoms in total. The monoisotopic (exact) mass is 233 g/mol. The second-order valence-corrected chi connectivity index (χ2v) is 4.65. The zero-order valence-corrected chi connectivity index (χ0v) is 10.1. The average Bonchev–Trinajstić information content (AvgIpc) is 2.80. The largest absolute Gasteiger partial charge is 0.330 e. The Morgan fingerprint density at radius 2 is 2.25 bits per heavy atom. The molecule has 2 aromatic heterocycles. The van der Waals surface area contributed by atoms with Crippen LogP contribution in [0.5, 0.6) is 0 Å². The Morgan fingerprint density at radius 3 is 2.94 bits per heavy atom. The van der Waals surface area contributed by atoms with Crippen LogP contribution in [0.25, 0.3) is 11.4 Å². The van der Waals surface area contributed by atoms with Gasteiger partial charge in [-0.2, -0.15) is 0 Å². The summed E-state index contributed by atoms with van der Waals surface area (Å²) in [4.78, 5) is 8.89. The van der Waals surface area contributed by atoms with Crippen LogP contribution in [0.3, 0.4) is 0 Å². The van der Waals surface area contributed by atoms with Gasteiger partial charge in [0.05, 0.1) is 16.4 Å². The molecule has 0 aliphatic carbocycles. The molecule has 0 aromatic carbocycles. The van der Waals surface area contributed by atoms with Gasteiger partial charge in [-0.05, 0) is 25.1 Å². The van der Waals surface area contributed by atoms with Crippen LogP contribution in [-0.2, 0) is 0 Å². The van der Waals surface area contributed by atoms with Crippen molar-refractivity contribution in [2.24, 2.45) is 5.73 Å². The molecule has 0 radical (unpaired) electrons. The first kappa shape index (κ1) is 11.2. The summed E-state index contributed by atoms with van der Waals surface area (Å²) in [6, 6.07) is 5.87. The molecule has 84 valence electrons. The third-order valence-electron chi connectivity index (χ3n) is 2.47. The normalized spacial score (nSPS) is 12.6. The first-order chi connectivity index (χ1) is 7.81. The molecule has 4 heteroatoms. The average molecular weight is 233 g/mol. The highest BCUT2D eigenvalue weighted by molar-refractivity contribution is 7.10. The van der Waals surface area contributed by atoms with E-state index < -0.39 is 0 Å². The van der Waals surface area contributed by atoms with Crippen LogP contribution in [0.4, 0.5) is 0 Å². The molecule has 16 heavy (non-hydrogen) atoms. The molecule has 2 heterocycles. The van der Waals surface area contributed by atoms with Crippen molar-refractivity contribution in [3.8, 4) is 11.4 Å². The van der Waals surface area contributed by atoms with Crippen LogP contribution in [0, 0.1) is 0 Å². The van der Waals surface area contributed by atoms with Crippen LogP contribution in [-0.4, -0.2) is 16.5 Å². The minimum atomic E-state index is 0.437. The van der Waals surface area contributed by atoms with Gasteiger partial charge in [0.1, 0.15) is 0 Å². The fourth-order valence-electron chi connectivity index (χ4n) is 1.52. The van der Waals surface area contributed by atoms with Gasteiger partial charge in [0.15, 0.2) is 0 Å². The fourth-order valence-corrected chi connectivity index (χ4v) is 2.43. The number of hydrogen-bond donors (Lipinski definition) is 1. The molecule has 2 N–H and O–H groups in total. The number of rotatable bonds is 4. The van der Waals surface area contributed by atoms with Crippen LogP contribution in [0.2, 0.25) is 0 Å². The Labute approximate surface area is 99.4 Å². The van der Waals surface area contributed by atoms with Gasteiger partial charge >= 0.3 is 0 Å². The van der Waals surface area contributed by atoms with Gasteiger partial charge in [-0.1, -0.05) is 13.0 Å². The van der Waals surface area contributed by atoms with Crippen molar-refractivity contribution in [3.05, 3.63) is 34.8 Å². The van der Waals surface area contributed by atoms with Gasteiger partial charge in [0.2, 0.25) is 0 Å². The minimum Gasteiger partial charge on any atom is -0.330 e. The van der Waals surface area contributed by atoms with Crippen molar-refractivity contribution in [2.75, 3.05) is 6.54 Å². The molecule has 1 atom stereocenters. The van der Waals surface area contributed by atoms with Crippen molar-refractivity contribution in [3.63, 3.8) is 0 Å². The highest BCUT2D eigenvalue weighted by atomic mass is 32.1.